The molecule has 1 atom stereocenters. The molecule has 0 saturated heterocycles. The Hall–Kier alpha value is -0.570. The number of carboxylic acids is 1. The fraction of sp³-hybridized carbons (Fsp3) is 0.917. The standard InChI is InChI=1S/C12H22O3/c1-9(2)7-10(11(13)14)8-12(15)5-3-4-6-12/h9-10,15H,3-8H2,1-2H3,(H,13,14). The van der Waals surface area contributed by atoms with Gasteiger partial charge in [0.1, 0.15) is 0 Å². The third-order valence-electron chi connectivity index (χ3n) is 3.27. The monoisotopic (exact) mass is 214 g/mol. The summed E-state index contributed by atoms with van der Waals surface area (Å²) in [4.78, 5) is 11.1. The Morgan fingerprint density at radius 3 is 2.27 bits per heavy atom. The lowest BCUT2D eigenvalue weighted by molar-refractivity contribution is -0.145. The highest BCUT2D eigenvalue weighted by Crippen LogP contribution is 2.36. The molecule has 0 aromatic carbocycles. The van der Waals surface area contributed by atoms with Crippen LogP contribution in [0.15, 0.2) is 0 Å². The number of aliphatic carboxylic acids is 1. The van der Waals surface area contributed by atoms with Crippen molar-refractivity contribution >= 4 is 5.97 Å². The van der Waals surface area contributed by atoms with Crippen LogP contribution in [-0.2, 0) is 4.79 Å². The smallest absolute Gasteiger partial charge is 0.306 e. The van der Waals surface area contributed by atoms with E-state index in [2.05, 4.69) is 0 Å². The van der Waals surface area contributed by atoms with Crippen molar-refractivity contribution in [1.29, 1.82) is 0 Å². The van der Waals surface area contributed by atoms with Gasteiger partial charge in [-0.25, -0.2) is 0 Å². The van der Waals surface area contributed by atoms with Crippen LogP contribution in [0.5, 0.6) is 0 Å². The van der Waals surface area contributed by atoms with Gasteiger partial charge in [-0.15, -0.1) is 0 Å². The summed E-state index contributed by atoms with van der Waals surface area (Å²) in [6, 6.07) is 0. The Morgan fingerprint density at radius 2 is 1.87 bits per heavy atom. The van der Waals surface area contributed by atoms with Crippen molar-refractivity contribution in [1.82, 2.24) is 0 Å². The second-order valence-corrected chi connectivity index (χ2v) is 5.30. The lowest BCUT2D eigenvalue weighted by Gasteiger charge is -2.26. The second-order valence-electron chi connectivity index (χ2n) is 5.30. The number of hydrogen-bond acceptors (Lipinski definition) is 2. The predicted molar refractivity (Wildman–Crippen MR) is 58.6 cm³/mol. The fourth-order valence-corrected chi connectivity index (χ4v) is 2.54. The first-order valence-electron chi connectivity index (χ1n) is 5.88. The average Bonchev–Trinajstić information content (AvgIpc) is 2.50. The van der Waals surface area contributed by atoms with E-state index in [4.69, 9.17) is 5.11 Å². The van der Waals surface area contributed by atoms with Gasteiger partial charge in [0.05, 0.1) is 11.5 Å². The molecule has 0 heterocycles. The van der Waals surface area contributed by atoms with Crippen LogP contribution in [0.2, 0.25) is 0 Å². The lowest BCUT2D eigenvalue weighted by atomic mass is 9.84. The van der Waals surface area contributed by atoms with Crippen LogP contribution in [0.25, 0.3) is 0 Å². The van der Waals surface area contributed by atoms with E-state index in [0.717, 1.165) is 25.7 Å². The van der Waals surface area contributed by atoms with Gasteiger partial charge in [-0.2, -0.15) is 0 Å². The Bertz CT molecular complexity index is 217. The van der Waals surface area contributed by atoms with Crippen LogP contribution >= 0.6 is 0 Å². The summed E-state index contributed by atoms with van der Waals surface area (Å²) in [5.41, 5.74) is -0.696. The zero-order valence-electron chi connectivity index (χ0n) is 9.70. The zero-order valence-corrected chi connectivity index (χ0v) is 9.70. The molecule has 1 fully saturated rings. The highest BCUT2D eigenvalue weighted by Gasteiger charge is 2.36. The van der Waals surface area contributed by atoms with Gasteiger partial charge in [0.15, 0.2) is 0 Å². The van der Waals surface area contributed by atoms with Crippen molar-refractivity contribution in [3.05, 3.63) is 0 Å². The molecule has 0 aromatic heterocycles. The average molecular weight is 214 g/mol. The van der Waals surface area contributed by atoms with Gasteiger partial charge in [-0.3, -0.25) is 4.79 Å². The van der Waals surface area contributed by atoms with Crippen LogP contribution in [0, 0.1) is 11.8 Å². The number of aliphatic hydroxyl groups is 1. The minimum Gasteiger partial charge on any atom is -0.481 e. The first-order valence-corrected chi connectivity index (χ1v) is 5.88. The van der Waals surface area contributed by atoms with Gasteiger partial charge >= 0.3 is 5.97 Å². The van der Waals surface area contributed by atoms with Crippen molar-refractivity contribution in [3.63, 3.8) is 0 Å². The van der Waals surface area contributed by atoms with E-state index < -0.39 is 11.6 Å². The molecule has 0 spiro atoms. The Morgan fingerprint density at radius 1 is 1.33 bits per heavy atom. The molecule has 15 heavy (non-hydrogen) atoms. The Kier molecular flexibility index (Phi) is 4.14. The molecule has 88 valence electrons. The quantitative estimate of drug-likeness (QED) is 0.739. The van der Waals surface area contributed by atoms with Gasteiger partial charge in [0, 0.05) is 0 Å². The summed E-state index contributed by atoms with van der Waals surface area (Å²) in [6.07, 6.45) is 4.71. The molecule has 1 unspecified atom stereocenters. The van der Waals surface area contributed by atoms with Crippen molar-refractivity contribution in [3.8, 4) is 0 Å². The molecule has 2 N–H and O–H groups in total. The topological polar surface area (TPSA) is 57.5 Å². The number of carboxylic acid groups (broad SMARTS) is 1. The summed E-state index contributed by atoms with van der Waals surface area (Å²) < 4.78 is 0. The van der Waals surface area contributed by atoms with Crippen molar-refractivity contribution in [2.24, 2.45) is 11.8 Å². The Balaban J connectivity index is 2.53. The van der Waals surface area contributed by atoms with E-state index in [1.807, 2.05) is 13.8 Å². The van der Waals surface area contributed by atoms with Crippen LogP contribution in [0.4, 0.5) is 0 Å². The molecule has 1 aliphatic carbocycles. The summed E-state index contributed by atoms with van der Waals surface area (Å²) >= 11 is 0. The summed E-state index contributed by atoms with van der Waals surface area (Å²) in [6.45, 7) is 4.04. The minimum absolute atomic E-state index is 0.371. The van der Waals surface area contributed by atoms with E-state index >= 15 is 0 Å². The van der Waals surface area contributed by atoms with E-state index in [1.54, 1.807) is 0 Å². The molecule has 1 rings (SSSR count). The minimum atomic E-state index is -0.760. The van der Waals surface area contributed by atoms with E-state index in [9.17, 15) is 9.90 Å². The highest BCUT2D eigenvalue weighted by molar-refractivity contribution is 5.70. The maximum atomic E-state index is 11.1. The van der Waals surface area contributed by atoms with Crippen LogP contribution in [-0.4, -0.2) is 21.8 Å². The third kappa shape index (κ3) is 3.82. The molecule has 0 bridgehead atoms. The van der Waals surface area contributed by atoms with Crippen molar-refractivity contribution < 1.29 is 15.0 Å². The fourth-order valence-electron chi connectivity index (χ4n) is 2.54. The van der Waals surface area contributed by atoms with Gasteiger partial charge in [-0.1, -0.05) is 26.7 Å². The zero-order chi connectivity index (χ0) is 11.5. The van der Waals surface area contributed by atoms with Crippen molar-refractivity contribution in [2.45, 2.75) is 58.0 Å². The van der Waals surface area contributed by atoms with Crippen LogP contribution < -0.4 is 0 Å². The van der Waals surface area contributed by atoms with Gasteiger partial charge in [-0.05, 0) is 31.6 Å². The number of hydrogen-bond donors (Lipinski definition) is 2. The molecule has 0 aromatic rings. The molecule has 1 saturated carbocycles. The van der Waals surface area contributed by atoms with E-state index in [-0.39, 0.29) is 5.92 Å². The third-order valence-corrected chi connectivity index (χ3v) is 3.27. The molecule has 3 nitrogen and oxygen atoms in total. The lowest BCUT2D eigenvalue weighted by Crippen LogP contribution is -2.31. The predicted octanol–water partition coefficient (Wildman–Crippen LogP) is 2.43. The molecule has 1 aliphatic rings. The van der Waals surface area contributed by atoms with Crippen LogP contribution in [0.3, 0.4) is 0 Å². The second kappa shape index (κ2) is 4.97. The Labute approximate surface area is 91.5 Å². The summed E-state index contributed by atoms with van der Waals surface area (Å²) in [7, 11) is 0. The maximum absolute atomic E-state index is 11.1. The van der Waals surface area contributed by atoms with Gasteiger partial charge in [0.25, 0.3) is 0 Å². The first-order chi connectivity index (χ1) is 6.93. The normalized spacial score (nSPS) is 21.9. The number of rotatable bonds is 5. The maximum Gasteiger partial charge on any atom is 0.306 e. The van der Waals surface area contributed by atoms with E-state index in [0.29, 0.717) is 18.8 Å². The molecule has 0 amide bonds. The number of carbonyl (C=O) groups is 1. The van der Waals surface area contributed by atoms with Gasteiger partial charge < -0.3 is 10.2 Å². The molecule has 0 radical (unpaired) electrons. The summed E-state index contributed by atoms with van der Waals surface area (Å²) in [5.74, 6) is -0.770. The molecule has 3 heteroatoms. The van der Waals surface area contributed by atoms with E-state index in [1.165, 1.54) is 0 Å². The molecular formula is C12H22O3. The molecular weight excluding hydrogens is 192 g/mol. The van der Waals surface area contributed by atoms with Gasteiger partial charge in [0.2, 0.25) is 0 Å². The highest BCUT2D eigenvalue weighted by atomic mass is 16.4. The van der Waals surface area contributed by atoms with Crippen molar-refractivity contribution in [2.75, 3.05) is 0 Å². The summed E-state index contributed by atoms with van der Waals surface area (Å²) in [5, 5.41) is 19.2. The SMILES string of the molecule is CC(C)CC(CC1(O)CCCC1)C(=O)O. The largest absolute Gasteiger partial charge is 0.481 e. The van der Waals surface area contributed by atoms with Crippen LogP contribution in [0.1, 0.15) is 52.4 Å². The molecule has 0 aliphatic heterocycles. The first kappa shape index (κ1) is 12.5.